The molecule has 0 fully saturated rings. The van der Waals surface area contributed by atoms with Gasteiger partial charge in [0, 0.05) is 6.54 Å². The van der Waals surface area contributed by atoms with Gasteiger partial charge in [-0.1, -0.05) is 30.7 Å². The van der Waals surface area contributed by atoms with Gasteiger partial charge < -0.3 is 11.1 Å². The topological polar surface area (TPSA) is 72.2 Å². The molecule has 0 aromatic heterocycles. The van der Waals surface area contributed by atoms with Crippen molar-refractivity contribution in [2.24, 2.45) is 5.73 Å². The number of hydrogen-bond acceptors (Lipinski definition) is 2. The van der Waals surface area contributed by atoms with Crippen molar-refractivity contribution in [1.82, 2.24) is 5.32 Å². The Morgan fingerprint density at radius 3 is 2.56 bits per heavy atom. The number of carbonyl (C=O) groups excluding carboxylic acids is 2. The zero-order valence-electron chi connectivity index (χ0n) is 9.54. The molecule has 0 unspecified atom stereocenters. The van der Waals surface area contributed by atoms with Gasteiger partial charge in [0.15, 0.2) is 0 Å². The van der Waals surface area contributed by atoms with Crippen LogP contribution in [0.3, 0.4) is 0 Å². The standard InChI is InChI=1S/C12H16N2O2/c1-3-9-6-8(2)4-5-10(9)7-14-12(16)11(13)15/h4-6H,3,7H2,1-2H3,(H2,13,15)(H,14,16). The molecule has 0 aliphatic carbocycles. The summed E-state index contributed by atoms with van der Waals surface area (Å²) in [6, 6.07) is 6.01. The van der Waals surface area contributed by atoms with Crippen LogP contribution in [0.25, 0.3) is 0 Å². The van der Waals surface area contributed by atoms with E-state index in [1.54, 1.807) is 0 Å². The Balaban J connectivity index is 2.74. The van der Waals surface area contributed by atoms with Crippen LogP contribution in [0.2, 0.25) is 0 Å². The lowest BCUT2D eigenvalue weighted by Crippen LogP contribution is -2.35. The average molecular weight is 220 g/mol. The lowest BCUT2D eigenvalue weighted by Gasteiger charge is -2.09. The SMILES string of the molecule is CCc1cc(C)ccc1CNC(=O)C(N)=O. The largest absolute Gasteiger partial charge is 0.361 e. The molecule has 0 saturated carbocycles. The van der Waals surface area contributed by atoms with Crippen molar-refractivity contribution >= 4 is 11.8 Å². The van der Waals surface area contributed by atoms with E-state index in [2.05, 4.69) is 11.4 Å². The number of primary amides is 1. The van der Waals surface area contributed by atoms with Crippen molar-refractivity contribution in [3.8, 4) is 0 Å². The second kappa shape index (κ2) is 5.30. The molecule has 4 heteroatoms. The molecule has 16 heavy (non-hydrogen) atoms. The predicted octanol–water partition coefficient (Wildman–Crippen LogP) is 0.659. The number of hydrogen-bond donors (Lipinski definition) is 2. The predicted molar refractivity (Wildman–Crippen MR) is 61.6 cm³/mol. The highest BCUT2D eigenvalue weighted by molar-refractivity contribution is 6.34. The summed E-state index contributed by atoms with van der Waals surface area (Å²) >= 11 is 0. The lowest BCUT2D eigenvalue weighted by atomic mass is 10.0. The lowest BCUT2D eigenvalue weighted by molar-refractivity contribution is -0.137. The van der Waals surface area contributed by atoms with E-state index < -0.39 is 11.8 Å². The molecule has 0 heterocycles. The molecule has 86 valence electrons. The van der Waals surface area contributed by atoms with Crippen molar-refractivity contribution in [3.63, 3.8) is 0 Å². The third-order valence-corrected chi connectivity index (χ3v) is 2.41. The van der Waals surface area contributed by atoms with Gasteiger partial charge in [-0.05, 0) is 24.5 Å². The molecule has 0 spiro atoms. The maximum Gasteiger partial charge on any atom is 0.309 e. The summed E-state index contributed by atoms with van der Waals surface area (Å²) in [5.74, 6) is -1.70. The fourth-order valence-corrected chi connectivity index (χ4v) is 1.52. The van der Waals surface area contributed by atoms with Gasteiger partial charge in [-0.2, -0.15) is 0 Å². The molecule has 0 aliphatic heterocycles. The van der Waals surface area contributed by atoms with Crippen LogP contribution in [-0.4, -0.2) is 11.8 Å². The number of nitrogens with two attached hydrogens (primary N) is 1. The Morgan fingerprint density at radius 2 is 2.00 bits per heavy atom. The zero-order chi connectivity index (χ0) is 12.1. The number of benzene rings is 1. The zero-order valence-corrected chi connectivity index (χ0v) is 9.54. The molecule has 3 N–H and O–H groups in total. The Morgan fingerprint density at radius 1 is 1.31 bits per heavy atom. The van der Waals surface area contributed by atoms with Gasteiger partial charge in [-0.25, -0.2) is 0 Å². The molecule has 4 nitrogen and oxygen atoms in total. The van der Waals surface area contributed by atoms with Gasteiger partial charge in [0.25, 0.3) is 0 Å². The fraction of sp³-hybridized carbons (Fsp3) is 0.333. The van der Waals surface area contributed by atoms with E-state index in [-0.39, 0.29) is 0 Å². The van der Waals surface area contributed by atoms with E-state index in [0.717, 1.165) is 12.0 Å². The summed E-state index contributed by atoms with van der Waals surface area (Å²) < 4.78 is 0. The quantitative estimate of drug-likeness (QED) is 0.734. The van der Waals surface area contributed by atoms with E-state index in [1.165, 1.54) is 11.1 Å². The Bertz CT molecular complexity index is 413. The van der Waals surface area contributed by atoms with Crippen LogP contribution in [0.1, 0.15) is 23.6 Å². The first-order valence-electron chi connectivity index (χ1n) is 5.20. The van der Waals surface area contributed by atoms with Gasteiger partial charge in [-0.15, -0.1) is 0 Å². The van der Waals surface area contributed by atoms with Crippen molar-refractivity contribution in [2.45, 2.75) is 26.8 Å². The van der Waals surface area contributed by atoms with Crippen LogP contribution in [0, 0.1) is 6.92 Å². The van der Waals surface area contributed by atoms with E-state index in [1.807, 2.05) is 26.0 Å². The monoisotopic (exact) mass is 220 g/mol. The summed E-state index contributed by atoms with van der Waals surface area (Å²) in [5, 5.41) is 2.48. The number of aryl methyl sites for hydroxylation is 2. The van der Waals surface area contributed by atoms with Crippen molar-refractivity contribution < 1.29 is 9.59 Å². The molecular weight excluding hydrogens is 204 g/mol. The van der Waals surface area contributed by atoms with E-state index in [9.17, 15) is 9.59 Å². The Hall–Kier alpha value is -1.84. The molecule has 0 radical (unpaired) electrons. The summed E-state index contributed by atoms with van der Waals surface area (Å²) in [6.07, 6.45) is 0.892. The Labute approximate surface area is 94.8 Å². The van der Waals surface area contributed by atoms with E-state index >= 15 is 0 Å². The first-order valence-corrected chi connectivity index (χ1v) is 5.20. The second-order valence-electron chi connectivity index (χ2n) is 3.67. The van der Waals surface area contributed by atoms with E-state index in [0.29, 0.717) is 6.54 Å². The number of carbonyl (C=O) groups is 2. The van der Waals surface area contributed by atoms with Gasteiger partial charge in [0.1, 0.15) is 0 Å². The number of nitrogens with one attached hydrogen (secondary N) is 1. The third-order valence-electron chi connectivity index (χ3n) is 2.41. The number of rotatable bonds is 3. The summed E-state index contributed by atoms with van der Waals surface area (Å²) in [7, 11) is 0. The first kappa shape index (κ1) is 12.2. The molecule has 0 aliphatic rings. The summed E-state index contributed by atoms with van der Waals surface area (Å²) in [6.45, 7) is 4.41. The highest BCUT2D eigenvalue weighted by Crippen LogP contribution is 2.12. The third kappa shape index (κ3) is 3.08. The molecule has 0 saturated heterocycles. The summed E-state index contributed by atoms with van der Waals surface area (Å²) in [4.78, 5) is 21.5. The second-order valence-corrected chi connectivity index (χ2v) is 3.67. The van der Waals surface area contributed by atoms with Crippen molar-refractivity contribution in [3.05, 3.63) is 34.9 Å². The van der Waals surface area contributed by atoms with Crippen molar-refractivity contribution in [2.75, 3.05) is 0 Å². The molecular formula is C12H16N2O2. The van der Waals surface area contributed by atoms with Crippen LogP contribution in [-0.2, 0) is 22.6 Å². The molecule has 1 rings (SSSR count). The molecule has 1 aromatic carbocycles. The van der Waals surface area contributed by atoms with Gasteiger partial charge in [0.05, 0.1) is 0 Å². The van der Waals surface area contributed by atoms with Crippen molar-refractivity contribution in [1.29, 1.82) is 0 Å². The molecule has 2 amide bonds. The summed E-state index contributed by atoms with van der Waals surface area (Å²) in [5.41, 5.74) is 8.21. The maximum atomic E-state index is 11.0. The normalized spacial score (nSPS) is 9.88. The highest BCUT2D eigenvalue weighted by atomic mass is 16.2. The minimum atomic E-state index is -0.954. The maximum absolute atomic E-state index is 11.0. The van der Waals surface area contributed by atoms with Crippen LogP contribution in [0.5, 0.6) is 0 Å². The van der Waals surface area contributed by atoms with Crippen LogP contribution >= 0.6 is 0 Å². The Kier molecular flexibility index (Phi) is 4.05. The highest BCUT2D eigenvalue weighted by Gasteiger charge is 2.08. The minimum Gasteiger partial charge on any atom is -0.361 e. The average Bonchev–Trinajstić information content (AvgIpc) is 2.26. The number of amides is 2. The molecule has 1 aromatic rings. The molecule has 0 atom stereocenters. The fourth-order valence-electron chi connectivity index (χ4n) is 1.52. The van der Waals surface area contributed by atoms with E-state index in [4.69, 9.17) is 5.73 Å². The van der Waals surface area contributed by atoms with Crippen LogP contribution < -0.4 is 11.1 Å². The van der Waals surface area contributed by atoms with Crippen LogP contribution in [0.4, 0.5) is 0 Å². The van der Waals surface area contributed by atoms with Gasteiger partial charge in [-0.3, -0.25) is 9.59 Å². The smallest absolute Gasteiger partial charge is 0.309 e. The molecule has 0 bridgehead atoms. The van der Waals surface area contributed by atoms with Gasteiger partial charge >= 0.3 is 11.8 Å². The first-order chi connectivity index (χ1) is 7.54. The van der Waals surface area contributed by atoms with Crippen LogP contribution in [0.15, 0.2) is 18.2 Å². The van der Waals surface area contributed by atoms with Gasteiger partial charge in [0.2, 0.25) is 0 Å². The minimum absolute atomic E-state index is 0.339.